The van der Waals surface area contributed by atoms with E-state index in [1.54, 1.807) is 0 Å². The summed E-state index contributed by atoms with van der Waals surface area (Å²) in [6.45, 7) is 3.98. The lowest BCUT2D eigenvalue weighted by Gasteiger charge is -2.50. The van der Waals surface area contributed by atoms with Crippen molar-refractivity contribution in [3.05, 3.63) is 36.5 Å². The average Bonchev–Trinajstić information content (AvgIpc) is 3.28. The van der Waals surface area contributed by atoms with Crippen LogP contribution < -0.4 is 5.73 Å². The van der Waals surface area contributed by atoms with Crippen LogP contribution in [-0.2, 0) is 16.1 Å². The highest BCUT2D eigenvalue weighted by molar-refractivity contribution is 5.81. The zero-order chi connectivity index (χ0) is 21.4. The molecule has 4 aliphatic rings. The maximum absolute atomic E-state index is 13.2. The van der Waals surface area contributed by atoms with Crippen LogP contribution in [-0.4, -0.2) is 68.8 Å². The number of fused-ring (bicyclic) bond motifs is 3. The van der Waals surface area contributed by atoms with E-state index in [4.69, 9.17) is 5.73 Å². The number of carbonyl (C=O) groups excluding carboxylic acids is 2. The standard InChI is InChI=1S/C23H30N6O2/c24-22(30)17-6-9-27(10-7-17)23(31)20-14-28-11-8-18(20)12-19(28)13-29-15-21(25-26-29)16-4-2-1-3-5-16/h1-5,15,17-20H,6-14H2,(H2,24,30). The number of rotatable bonds is 5. The zero-order valence-corrected chi connectivity index (χ0v) is 17.8. The van der Waals surface area contributed by atoms with Crippen LogP contribution in [0.5, 0.6) is 0 Å². The molecule has 1 aromatic carbocycles. The third-order valence-corrected chi connectivity index (χ3v) is 7.41. The van der Waals surface area contributed by atoms with Gasteiger partial charge in [-0.2, -0.15) is 0 Å². The van der Waals surface area contributed by atoms with Gasteiger partial charge in [0.25, 0.3) is 0 Å². The highest BCUT2D eigenvalue weighted by Crippen LogP contribution is 2.38. The van der Waals surface area contributed by atoms with Crippen molar-refractivity contribution in [1.82, 2.24) is 24.8 Å². The van der Waals surface area contributed by atoms with Crippen LogP contribution in [0.4, 0.5) is 0 Å². The number of aromatic nitrogens is 3. The van der Waals surface area contributed by atoms with Gasteiger partial charge in [0.1, 0.15) is 5.69 Å². The van der Waals surface area contributed by atoms with Gasteiger partial charge in [0.05, 0.1) is 18.7 Å². The van der Waals surface area contributed by atoms with E-state index in [0.29, 0.717) is 37.9 Å². The Morgan fingerprint density at radius 2 is 1.84 bits per heavy atom. The monoisotopic (exact) mass is 422 g/mol. The first-order valence-electron chi connectivity index (χ1n) is 11.4. The first-order valence-corrected chi connectivity index (χ1v) is 11.4. The molecule has 4 aliphatic heterocycles. The number of amides is 2. The minimum atomic E-state index is -0.235. The van der Waals surface area contributed by atoms with Crippen molar-refractivity contribution in [2.45, 2.75) is 38.3 Å². The summed E-state index contributed by atoms with van der Waals surface area (Å²) in [7, 11) is 0. The molecule has 31 heavy (non-hydrogen) atoms. The van der Waals surface area contributed by atoms with E-state index in [1.807, 2.05) is 46.1 Å². The van der Waals surface area contributed by atoms with Crippen molar-refractivity contribution in [2.24, 2.45) is 23.5 Å². The molecular weight excluding hydrogens is 392 g/mol. The molecule has 4 fully saturated rings. The lowest BCUT2D eigenvalue weighted by molar-refractivity contribution is -0.146. The first kappa shape index (κ1) is 20.2. The Hall–Kier alpha value is -2.74. The molecule has 6 rings (SSSR count). The third-order valence-electron chi connectivity index (χ3n) is 7.41. The molecular formula is C23H30N6O2. The number of hydrogen-bond donors (Lipinski definition) is 1. The second-order valence-electron chi connectivity index (χ2n) is 9.23. The van der Waals surface area contributed by atoms with E-state index in [2.05, 4.69) is 15.2 Å². The molecule has 5 heterocycles. The Morgan fingerprint density at radius 1 is 1.06 bits per heavy atom. The summed E-state index contributed by atoms with van der Waals surface area (Å²) in [5, 5.41) is 8.68. The van der Waals surface area contributed by atoms with Gasteiger partial charge < -0.3 is 10.6 Å². The second-order valence-corrected chi connectivity index (χ2v) is 9.23. The fraction of sp³-hybridized carbons (Fsp3) is 0.565. The van der Waals surface area contributed by atoms with E-state index < -0.39 is 0 Å². The number of carbonyl (C=O) groups is 2. The molecule has 0 aliphatic carbocycles. The Balaban J connectivity index is 1.19. The molecule has 1 aromatic heterocycles. The summed E-state index contributed by atoms with van der Waals surface area (Å²) in [5.41, 5.74) is 7.40. The van der Waals surface area contributed by atoms with Crippen LogP contribution >= 0.6 is 0 Å². The van der Waals surface area contributed by atoms with Gasteiger partial charge in [-0.25, -0.2) is 0 Å². The summed E-state index contributed by atoms with van der Waals surface area (Å²) in [6, 6.07) is 10.5. The molecule has 2 bridgehead atoms. The van der Waals surface area contributed by atoms with E-state index >= 15 is 0 Å². The zero-order valence-electron chi connectivity index (χ0n) is 17.8. The van der Waals surface area contributed by atoms with Crippen LogP contribution in [0.3, 0.4) is 0 Å². The molecule has 4 unspecified atom stereocenters. The Kier molecular flexibility index (Phi) is 5.48. The molecule has 0 spiro atoms. The lowest BCUT2D eigenvalue weighted by Crippen LogP contribution is -2.59. The molecule has 0 saturated carbocycles. The van der Waals surface area contributed by atoms with Crippen LogP contribution in [0.25, 0.3) is 11.3 Å². The Bertz CT molecular complexity index is 937. The highest BCUT2D eigenvalue weighted by Gasteiger charge is 2.45. The van der Waals surface area contributed by atoms with Crippen molar-refractivity contribution in [2.75, 3.05) is 26.2 Å². The average molecular weight is 423 g/mol. The second kappa shape index (κ2) is 8.42. The molecule has 2 aromatic rings. The van der Waals surface area contributed by atoms with Crippen LogP contribution in [0.2, 0.25) is 0 Å². The van der Waals surface area contributed by atoms with E-state index in [1.165, 1.54) is 0 Å². The quantitative estimate of drug-likeness (QED) is 0.785. The van der Waals surface area contributed by atoms with Gasteiger partial charge in [-0.05, 0) is 38.1 Å². The Labute approximate surface area is 182 Å². The van der Waals surface area contributed by atoms with E-state index in [9.17, 15) is 9.59 Å². The van der Waals surface area contributed by atoms with Crippen molar-refractivity contribution in [3.63, 3.8) is 0 Å². The minimum absolute atomic E-state index is 0.0748. The number of likely N-dealkylation sites (tertiary alicyclic amines) is 1. The van der Waals surface area contributed by atoms with E-state index in [0.717, 1.165) is 43.7 Å². The summed E-state index contributed by atoms with van der Waals surface area (Å²) in [4.78, 5) is 29.0. The van der Waals surface area contributed by atoms with Gasteiger partial charge in [0.15, 0.2) is 0 Å². The largest absolute Gasteiger partial charge is 0.369 e. The SMILES string of the molecule is NC(=O)C1CCN(C(=O)C2CN3CCC2CC3Cn2cc(-c3ccccc3)nn2)CC1. The van der Waals surface area contributed by atoms with Crippen molar-refractivity contribution < 1.29 is 9.59 Å². The number of hydrogen-bond acceptors (Lipinski definition) is 5. The molecule has 8 heteroatoms. The van der Waals surface area contributed by atoms with Crippen molar-refractivity contribution in [1.29, 1.82) is 0 Å². The van der Waals surface area contributed by atoms with Gasteiger partial charge in [0, 0.05) is 37.2 Å². The maximum atomic E-state index is 13.2. The summed E-state index contributed by atoms with van der Waals surface area (Å²) in [5.74, 6) is 0.451. The molecule has 0 radical (unpaired) electrons. The van der Waals surface area contributed by atoms with Crippen LogP contribution in [0.1, 0.15) is 25.7 Å². The fourth-order valence-corrected chi connectivity index (χ4v) is 5.57. The van der Waals surface area contributed by atoms with Crippen molar-refractivity contribution in [3.8, 4) is 11.3 Å². The lowest BCUT2D eigenvalue weighted by atomic mass is 9.74. The summed E-state index contributed by atoms with van der Waals surface area (Å²) >= 11 is 0. The first-order chi connectivity index (χ1) is 15.1. The smallest absolute Gasteiger partial charge is 0.227 e. The van der Waals surface area contributed by atoms with E-state index in [-0.39, 0.29) is 23.7 Å². The van der Waals surface area contributed by atoms with Gasteiger partial charge in [0.2, 0.25) is 11.8 Å². The molecule has 164 valence electrons. The number of primary amides is 1. The topological polar surface area (TPSA) is 97.3 Å². The molecule has 4 saturated heterocycles. The normalized spacial score (nSPS) is 28.6. The van der Waals surface area contributed by atoms with Crippen LogP contribution in [0.15, 0.2) is 36.5 Å². The van der Waals surface area contributed by atoms with Crippen LogP contribution in [0, 0.1) is 17.8 Å². The van der Waals surface area contributed by atoms with Gasteiger partial charge in [-0.15, -0.1) is 5.10 Å². The Morgan fingerprint density at radius 3 is 2.52 bits per heavy atom. The predicted molar refractivity (Wildman–Crippen MR) is 116 cm³/mol. The maximum Gasteiger partial charge on any atom is 0.227 e. The van der Waals surface area contributed by atoms with Gasteiger partial charge >= 0.3 is 0 Å². The predicted octanol–water partition coefficient (Wildman–Crippen LogP) is 1.38. The molecule has 2 N–H and O–H groups in total. The van der Waals surface area contributed by atoms with Gasteiger partial charge in [-0.1, -0.05) is 35.5 Å². The summed E-state index contributed by atoms with van der Waals surface area (Å²) in [6.07, 6.45) is 5.51. The number of nitrogens with zero attached hydrogens (tertiary/aromatic N) is 5. The third kappa shape index (κ3) is 4.08. The fourth-order valence-electron chi connectivity index (χ4n) is 5.57. The number of benzene rings is 1. The van der Waals surface area contributed by atoms with Gasteiger partial charge in [-0.3, -0.25) is 19.2 Å². The number of piperidine rings is 4. The molecule has 8 nitrogen and oxygen atoms in total. The molecule has 2 amide bonds. The number of nitrogens with two attached hydrogens (primary N) is 1. The highest BCUT2D eigenvalue weighted by atomic mass is 16.2. The summed E-state index contributed by atoms with van der Waals surface area (Å²) < 4.78 is 1.94. The molecule has 4 atom stereocenters. The van der Waals surface area contributed by atoms with Crippen molar-refractivity contribution >= 4 is 11.8 Å². The minimum Gasteiger partial charge on any atom is -0.369 e.